The van der Waals surface area contributed by atoms with E-state index >= 15 is 0 Å². The molecule has 0 aliphatic carbocycles. The molecule has 0 saturated carbocycles. The van der Waals surface area contributed by atoms with Crippen molar-refractivity contribution < 1.29 is 0 Å². The third-order valence-corrected chi connectivity index (χ3v) is 2.91. The van der Waals surface area contributed by atoms with Crippen molar-refractivity contribution in [1.29, 1.82) is 0 Å². The van der Waals surface area contributed by atoms with Gasteiger partial charge in [-0.15, -0.1) is 5.10 Å². The van der Waals surface area contributed by atoms with Crippen LogP contribution in [0.1, 0.15) is 5.69 Å². The molecule has 0 aliphatic heterocycles. The van der Waals surface area contributed by atoms with Crippen LogP contribution in [0.2, 0.25) is 5.02 Å². The van der Waals surface area contributed by atoms with Crippen LogP contribution < -0.4 is 5.32 Å². The molecule has 1 aromatic carbocycles. The van der Waals surface area contributed by atoms with Gasteiger partial charge in [0, 0.05) is 11.0 Å². The van der Waals surface area contributed by atoms with Gasteiger partial charge in [0.25, 0.3) is 0 Å². The van der Waals surface area contributed by atoms with Gasteiger partial charge in [0.1, 0.15) is 0 Å². The molecule has 0 bridgehead atoms. The Balaban J connectivity index is 2.46. The Labute approximate surface area is 107 Å². The lowest BCUT2D eigenvalue weighted by atomic mass is 10.3. The highest BCUT2D eigenvalue weighted by Crippen LogP contribution is 2.24. The minimum Gasteiger partial charge on any atom is -0.314 e. The van der Waals surface area contributed by atoms with E-state index in [2.05, 4.69) is 31.6 Å². The molecular formula is C10H10BrClN4. The average Bonchev–Trinajstić information content (AvgIpc) is 2.67. The molecule has 0 aliphatic rings. The van der Waals surface area contributed by atoms with Gasteiger partial charge in [-0.3, -0.25) is 0 Å². The summed E-state index contributed by atoms with van der Waals surface area (Å²) in [5, 5.41) is 11.6. The first-order valence-corrected chi connectivity index (χ1v) is 5.89. The topological polar surface area (TPSA) is 42.7 Å². The molecule has 0 amide bonds. The second kappa shape index (κ2) is 4.95. The van der Waals surface area contributed by atoms with E-state index in [1.807, 2.05) is 25.2 Å². The summed E-state index contributed by atoms with van der Waals surface area (Å²) >= 11 is 9.52. The maximum atomic E-state index is 6.15. The highest BCUT2D eigenvalue weighted by Gasteiger charge is 2.09. The van der Waals surface area contributed by atoms with E-state index in [1.165, 1.54) is 0 Å². The molecule has 0 radical (unpaired) electrons. The average molecular weight is 302 g/mol. The molecule has 0 atom stereocenters. The standard InChI is InChI=1S/C10H10BrClN4/c1-13-5-8-6-14-15-16(8)10-3-2-7(11)4-9(10)12/h2-4,6,13H,5H2,1H3. The Morgan fingerprint density at radius 1 is 1.50 bits per heavy atom. The quantitative estimate of drug-likeness (QED) is 0.946. The predicted octanol–water partition coefficient (Wildman–Crippen LogP) is 2.40. The van der Waals surface area contributed by atoms with E-state index in [1.54, 1.807) is 10.9 Å². The van der Waals surface area contributed by atoms with E-state index in [4.69, 9.17) is 11.6 Å². The molecule has 0 fully saturated rings. The van der Waals surface area contributed by atoms with Crippen molar-refractivity contribution in [3.63, 3.8) is 0 Å². The summed E-state index contributed by atoms with van der Waals surface area (Å²) in [4.78, 5) is 0. The summed E-state index contributed by atoms with van der Waals surface area (Å²) in [5.74, 6) is 0. The first-order valence-electron chi connectivity index (χ1n) is 4.72. The van der Waals surface area contributed by atoms with Crippen molar-refractivity contribution in [1.82, 2.24) is 20.3 Å². The number of hydrogen-bond donors (Lipinski definition) is 1. The van der Waals surface area contributed by atoms with Crippen LogP contribution in [0.25, 0.3) is 5.69 Å². The van der Waals surface area contributed by atoms with Crippen molar-refractivity contribution in [2.45, 2.75) is 6.54 Å². The number of rotatable bonds is 3. The lowest BCUT2D eigenvalue weighted by Gasteiger charge is -2.07. The first-order chi connectivity index (χ1) is 7.72. The fraction of sp³-hybridized carbons (Fsp3) is 0.200. The molecule has 1 heterocycles. The second-order valence-electron chi connectivity index (χ2n) is 3.26. The normalized spacial score (nSPS) is 10.7. The van der Waals surface area contributed by atoms with Crippen molar-refractivity contribution in [2.24, 2.45) is 0 Å². The number of nitrogens with zero attached hydrogens (tertiary/aromatic N) is 3. The summed E-state index contributed by atoms with van der Waals surface area (Å²) in [5.41, 5.74) is 1.79. The summed E-state index contributed by atoms with van der Waals surface area (Å²) < 4.78 is 2.67. The van der Waals surface area contributed by atoms with Crippen molar-refractivity contribution in [2.75, 3.05) is 7.05 Å². The number of hydrogen-bond acceptors (Lipinski definition) is 3. The molecule has 0 spiro atoms. The summed E-state index contributed by atoms with van der Waals surface area (Å²) in [6.07, 6.45) is 1.72. The van der Waals surface area contributed by atoms with E-state index in [0.29, 0.717) is 11.6 Å². The smallest absolute Gasteiger partial charge is 0.0854 e. The van der Waals surface area contributed by atoms with Gasteiger partial charge in [-0.25, -0.2) is 4.68 Å². The van der Waals surface area contributed by atoms with Crippen LogP contribution in [-0.2, 0) is 6.54 Å². The van der Waals surface area contributed by atoms with Gasteiger partial charge < -0.3 is 5.32 Å². The largest absolute Gasteiger partial charge is 0.314 e. The molecule has 0 unspecified atom stereocenters. The maximum absolute atomic E-state index is 6.15. The minimum atomic E-state index is 0.636. The zero-order valence-corrected chi connectivity index (χ0v) is 11.0. The van der Waals surface area contributed by atoms with Crippen molar-refractivity contribution >= 4 is 27.5 Å². The van der Waals surface area contributed by atoms with Gasteiger partial charge >= 0.3 is 0 Å². The maximum Gasteiger partial charge on any atom is 0.0854 e. The van der Waals surface area contributed by atoms with Crippen LogP contribution in [0.3, 0.4) is 0 Å². The summed E-state index contributed by atoms with van der Waals surface area (Å²) in [6.45, 7) is 0.694. The minimum absolute atomic E-state index is 0.636. The molecule has 4 nitrogen and oxygen atoms in total. The zero-order chi connectivity index (χ0) is 11.5. The fourth-order valence-electron chi connectivity index (χ4n) is 1.41. The van der Waals surface area contributed by atoms with Crippen molar-refractivity contribution in [3.05, 3.63) is 39.6 Å². The van der Waals surface area contributed by atoms with E-state index in [9.17, 15) is 0 Å². The Morgan fingerprint density at radius 2 is 2.31 bits per heavy atom. The molecule has 2 rings (SSSR count). The molecule has 84 valence electrons. The number of benzene rings is 1. The van der Waals surface area contributed by atoms with E-state index in [0.717, 1.165) is 15.9 Å². The number of halogens is 2. The molecule has 2 aromatic rings. The summed E-state index contributed by atoms with van der Waals surface area (Å²) in [6, 6.07) is 5.66. The van der Waals surface area contributed by atoms with Gasteiger partial charge in [-0.2, -0.15) is 0 Å². The van der Waals surface area contributed by atoms with E-state index < -0.39 is 0 Å². The second-order valence-corrected chi connectivity index (χ2v) is 4.59. The van der Waals surface area contributed by atoms with Crippen LogP contribution in [0.4, 0.5) is 0 Å². The molecule has 0 saturated heterocycles. The van der Waals surface area contributed by atoms with Crippen LogP contribution in [0, 0.1) is 0 Å². The SMILES string of the molecule is CNCc1cnnn1-c1ccc(Br)cc1Cl. The fourth-order valence-corrected chi connectivity index (χ4v) is 2.17. The van der Waals surface area contributed by atoms with Crippen LogP contribution in [0.15, 0.2) is 28.9 Å². The first kappa shape index (κ1) is 11.6. The molecule has 1 N–H and O–H groups in total. The van der Waals surface area contributed by atoms with Crippen LogP contribution in [-0.4, -0.2) is 22.0 Å². The third kappa shape index (κ3) is 2.26. The third-order valence-electron chi connectivity index (χ3n) is 2.12. The Morgan fingerprint density at radius 3 is 3.00 bits per heavy atom. The van der Waals surface area contributed by atoms with E-state index in [-0.39, 0.29) is 0 Å². The van der Waals surface area contributed by atoms with Gasteiger partial charge in [-0.05, 0) is 25.2 Å². The summed E-state index contributed by atoms with van der Waals surface area (Å²) in [7, 11) is 1.88. The number of nitrogens with one attached hydrogen (secondary N) is 1. The predicted molar refractivity (Wildman–Crippen MR) is 66.8 cm³/mol. The molecular weight excluding hydrogens is 291 g/mol. The monoisotopic (exact) mass is 300 g/mol. The highest BCUT2D eigenvalue weighted by molar-refractivity contribution is 9.10. The Hall–Kier alpha value is -0.910. The van der Waals surface area contributed by atoms with Gasteiger partial charge in [0.15, 0.2) is 0 Å². The highest BCUT2D eigenvalue weighted by atomic mass is 79.9. The molecule has 16 heavy (non-hydrogen) atoms. The number of aromatic nitrogens is 3. The molecule has 6 heteroatoms. The Bertz CT molecular complexity index is 497. The Kier molecular flexibility index (Phi) is 3.58. The lowest BCUT2D eigenvalue weighted by molar-refractivity contribution is 0.714. The lowest BCUT2D eigenvalue weighted by Crippen LogP contribution is -2.11. The van der Waals surface area contributed by atoms with Crippen molar-refractivity contribution in [3.8, 4) is 5.69 Å². The van der Waals surface area contributed by atoms with Gasteiger partial charge in [-0.1, -0.05) is 32.7 Å². The van der Waals surface area contributed by atoms with Gasteiger partial charge in [0.05, 0.1) is 22.6 Å². The molecule has 1 aromatic heterocycles. The van der Waals surface area contributed by atoms with Gasteiger partial charge in [0.2, 0.25) is 0 Å². The van der Waals surface area contributed by atoms with Crippen LogP contribution >= 0.6 is 27.5 Å². The van der Waals surface area contributed by atoms with Crippen LogP contribution in [0.5, 0.6) is 0 Å². The zero-order valence-electron chi connectivity index (χ0n) is 8.61.